The third-order valence-electron chi connectivity index (χ3n) is 5.89. The Bertz CT molecular complexity index is 1140. The zero-order valence-electron chi connectivity index (χ0n) is 17.0. The van der Waals surface area contributed by atoms with Crippen LogP contribution in [0.15, 0.2) is 66.7 Å². The molecule has 6 heteroatoms. The summed E-state index contributed by atoms with van der Waals surface area (Å²) >= 11 is 0. The standard InChI is InChI=1S/C25H24N2O4/c28-23(18-11-3-4-12-19(18)25(30)31)27-22-14-6-5-13-20(22)24(29)26-21-15-7-9-16-8-1-2-10-17(16)21/h1-2,5-10,13-15,18-19H,3-4,11-12H2,(H,26,29)(H,27,28)(H,30,31)/t18-,19+/m1/s1. The van der Waals surface area contributed by atoms with E-state index in [1.807, 2.05) is 42.5 Å². The molecule has 0 heterocycles. The molecule has 3 N–H and O–H groups in total. The highest BCUT2D eigenvalue weighted by molar-refractivity contribution is 6.13. The average molecular weight is 416 g/mol. The first kappa shape index (κ1) is 20.6. The van der Waals surface area contributed by atoms with Crippen LogP contribution in [0.25, 0.3) is 10.8 Å². The van der Waals surface area contributed by atoms with Gasteiger partial charge in [-0.05, 0) is 36.4 Å². The van der Waals surface area contributed by atoms with Gasteiger partial charge in [-0.1, -0.05) is 61.4 Å². The first-order chi connectivity index (χ1) is 15.0. The number of fused-ring (bicyclic) bond motifs is 1. The van der Waals surface area contributed by atoms with Gasteiger partial charge < -0.3 is 15.7 Å². The maximum atomic E-state index is 13.1. The Hall–Kier alpha value is -3.67. The van der Waals surface area contributed by atoms with Crippen LogP contribution in [0.2, 0.25) is 0 Å². The molecule has 0 aromatic heterocycles. The molecule has 0 bridgehead atoms. The lowest BCUT2D eigenvalue weighted by atomic mass is 9.78. The van der Waals surface area contributed by atoms with Crippen LogP contribution in [-0.2, 0) is 9.59 Å². The summed E-state index contributed by atoms with van der Waals surface area (Å²) in [6.45, 7) is 0. The van der Waals surface area contributed by atoms with Gasteiger partial charge in [-0.2, -0.15) is 0 Å². The van der Waals surface area contributed by atoms with E-state index < -0.39 is 17.8 Å². The first-order valence-corrected chi connectivity index (χ1v) is 10.5. The van der Waals surface area contributed by atoms with E-state index in [9.17, 15) is 19.5 Å². The van der Waals surface area contributed by atoms with Crippen molar-refractivity contribution < 1.29 is 19.5 Å². The number of amides is 2. The molecule has 0 spiro atoms. The van der Waals surface area contributed by atoms with Crippen LogP contribution in [0, 0.1) is 11.8 Å². The van der Waals surface area contributed by atoms with E-state index in [4.69, 9.17) is 0 Å². The summed E-state index contributed by atoms with van der Waals surface area (Å²) in [5, 5.41) is 17.2. The van der Waals surface area contributed by atoms with Gasteiger partial charge in [0.25, 0.3) is 5.91 Å². The van der Waals surface area contributed by atoms with E-state index in [-0.39, 0.29) is 11.8 Å². The second-order valence-electron chi connectivity index (χ2n) is 7.85. The quantitative estimate of drug-likeness (QED) is 0.550. The number of aliphatic carboxylic acids is 1. The number of carboxylic acid groups (broad SMARTS) is 1. The molecule has 0 saturated heterocycles. The van der Waals surface area contributed by atoms with Crippen molar-refractivity contribution in [3.63, 3.8) is 0 Å². The van der Waals surface area contributed by atoms with Gasteiger partial charge in [0, 0.05) is 11.1 Å². The van der Waals surface area contributed by atoms with Crippen molar-refractivity contribution in [3.8, 4) is 0 Å². The molecular formula is C25H24N2O4. The number of carbonyl (C=O) groups is 3. The molecule has 31 heavy (non-hydrogen) atoms. The zero-order chi connectivity index (χ0) is 21.8. The SMILES string of the molecule is O=C(Nc1cccc2ccccc12)c1ccccc1NC(=O)[C@@H]1CCCC[C@@H]1C(=O)O. The minimum Gasteiger partial charge on any atom is -0.481 e. The Balaban J connectivity index is 1.56. The van der Waals surface area contributed by atoms with Crippen LogP contribution in [0.1, 0.15) is 36.0 Å². The highest BCUT2D eigenvalue weighted by atomic mass is 16.4. The number of benzene rings is 3. The number of para-hydroxylation sites is 1. The van der Waals surface area contributed by atoms with Gasteiger partial charge in [-0.3, -0.25) is 14.4 Å². The summed E-state index contributed by atoms with van der Waals surface area (Å²) in [5.41, 5.74) is 1.38. The molecule has 0 radical (unpaired) electrons. The van der Waals surface area contributed by atoms with Gasteiger partial charge in [0.1, 0.15) is 0 Å². The number of hydrogen-bond donors (Lipinski definition) is 3. The summed E-state index contributed by atoms with van der Waals surface area (Å²) in [6.07, 6.45) is 2.67. The van der Waals surface area contributed by atoms with E-state index in [1.54, 1.807) is 24.3 Å². The lowest BCUT2D eigenvalue weighted by Gasteiger charge is -2.27. The second-order valence-corrected chi connectivity index (χ2v) is 7.85. The average Bonchev–Trinajstić information content (AvgIpc) is 2.79. The van der Waals surface area contributed by atoms with Crippen molar-refractivity contribution >= 4 is 39.9 Å². The highest BCUT2D eigenvalue weighted by Crippen LogP contribution is 2.32. The molecule has 2 atom stereocenters. The molecule has 1 aliphatic rings. The van der Waals surface area contributed by atoms with E-state index in [2.05, 4.69) is 10.6 Å². The van der Waals surface area contributed by atoms with Crippen molar-refractivity contribution in [3.05, 3.63) is 72.3 Å². The van der Waals surface area contributed by atoms with Gasteiger partial charge in [-0.25, -0.2) is 0 Å². The van der Waals surface area contributed by atoms with Gasteiger partial charge in [0.05, 0.1) is 23.1 Å². The van der Waals surface area contributed by atoms with E-state index in [0.29, 0.717) is 29.8 Å². The van der Waals surface area contributed by atoms with Crippen molar-refractivity contribution in [2.24, 2.45) is 11.8 Å². The predicted molar refractivity (Wildman–Crippen MR) is 120 cm³/mol. The fourth-order valence-corrected chi connectivity index (χ4v) is 4.28. The molecular weight excluding hydrogens is 392 g/mol. The Kier molecular flexibility index (Phi) is 5.98. The lowest BCUT2D eigenvalue weighted by Crippen LogP contribution is -2.36. The maximum absolute atomic E-state index is 13.1. The highest BCUT2D eigenvalue weighted by Gasteiger charge is 2.36. The Morgan fingerprint density at radius 2 is 1.39 bits per heavy atom. The summed E-state index contributed by atoms with van der Waals surface area (Å²) in [4.78, 5) is 37.5. The molecule has 3 aromatic carbocycles. The minimum atomic E-state index is -0.943. The number of carbonyl (C=O) groups excluding carboxylic acids is 2. The number of hydrogen-bond acceptors (Lipinski definition) is 3. The molecule has 0 aliphatic heterocycles. The molecule has 158 valence electrons. The number of anilines is 2. The van der Waals surface area contributed by atoms with Crippen LogP contribution in [0.5, 0.6) is 0 Å². The fourth-order valence-electron chi connectivity index (χ4n) is 4.28. The summed E-state index contributed by atoms with van der Waals surface area (Å²) in [6, 6.07) is 20.2. The van der Waals surface area contributed by atoms with Crippen molar-refractivity contribution in [1.29, 1.82) is 0 Å². The number of rotatable bonds is 5. The Morgan fingerprint density at radius 1 is 0.742 bits per heavy atom. The summed E-state index contributed by atoms with van der Waals surface area (Å²) in [5.74, 6) is -2.92. The molecule has 6 nitrogen and oxygen atoms in total. The third kappa shape index (κ3) is 4.43. The molecule has 3 aromatic rings. The van der Waals surface area contributed by atoms with Crippen LogP contribution < -0.4 is 10.6 Å². The molecule has 4 rings (SSSR count). The van der Waals surface area contributed by atoms with Crippen molar-refractivity contribution in [1.82, 2.24) is 0 Å². The minimum absolute atomic E-state index is 0.325. The topological polar surface area (TPSA) is 95.5 Å². The second kappa shape index (κ2) is 9.00. The van der Waals surface area contributed by atoms with Crippen molar-refractivity contribution in [2.45, 2.75) is 25.7 Å². The normalized spacial score (nSPS) is 18.3. The first-order valence-electron chi connectivity index (χ1n) is 10.5. The number of nitrogens with one attached hydrogen (secondary N) is 2. The molecule has 0 unspecified atom stereocenters. The molecule has 2 amide bonds. The van der Waals surface area contributed by atoms with Crippen LogP contribution in [-0.4, -0.2) is 22.9 Å². The van der Waals surface area contributed by atoms with Crippen LogP contribution in [0.4, 0.5) is 11.4 Å². The summed E-state index contributed by atoms with van der Waals surface area (Å²) < 4.78 is 0. The van der Waals surface area contributed by atoms with Gasteiger partial charge in [0.2, 0.25) is 5.91 Å². The maximum Gasteiger partial charge on any atom is 0.307 e. The molecule has 1 fully saturated rings. The zero-order valence-corrected chi connectivity index (χ0v) is 17.0. The lowest BCUT2D eigenvalue weighted by molar-refractivity contribution is -0.147. The fraction of sp³-hybridized carbons (Fsp3) is 0.240. The summed E-state index contributed by atoms with van der Waals surface area (Å²) in [7, 11) is 0. The monoisotopic (exact) mass is 416 g/mol. The van der Waals surface area contributed by atoms with Gasteiger partial charge in [0.15, 0.2) is 0 Å². The van der Waals surface area contributed by atoms with Crippen LogP contribution >= 0.6 is 0 Å². The van der Waals surface area contributed by atoms with E-state index in [1.165, 1.54) is 0 Å². The Morgan fingerprint density at radius 3 is 2.19 bits per heavy atom. The smallest absolute Gasteiger partial charge is 0.307 e. The van der Waals surface area contributed by atoms with Crippen molar-refractivity contribution in [2.75, 3.05) is 10.6 Å². The van der Waals surface area contributed by atoms with E-state index >= 15 is 0 Å². The largest absolute Gasteiger partial charge is 0.481 e. The molecule has 1 saturated carbocycles. The van der Waals surface area contributed by atoms with Crippen LogP contribution in [0.3, 0.4) is 0 Å². The molecule has 1 aliphatic carbocycles. The van der Waals surface area contributed by atoms with E-state index in [0.717, 1.165) is 23.6 Å². The third-order valence-corrected chi connectivity index (χ3v) is 5.89. The van der Waals surface area contributed by atoms with Gasteiger partial charge >= 0.3 is 5.97 Å². The predicted octanol–water partition coefficient (Wildman–Crippen LogP) is 4.92. The Labute approximate surface area is 180 Å². The van der Waals surface area contributed by atoms with Gasteiger partial charge in [-0.15, -0.1) is 0 Å². The number of carboxylic acids is 1.